The number of benzene rings is 3. The second-order valence-corrected chi connectivity index (χ2v) is 11.8. The van der Waals surface area contributed by atoms with E-state index >= 15 is 0 Å². The minimum atomic E-state index is -3.46. The summed E-state index contributed by atoms with van der Waals surface area (Å²) >= 11 is 6.12. The first-order valence-electron chi connectivity index (χ1n) is 12.0. The largest absolute Gasteiger partial charge is 0.377 e. The van der Waals surface area contributed by atoms with Gasteiger partial charge >= 0.3 is 6.03 Å². The molecule has 0 spiro atoms. The fraction of sp³-hybridized carbons (Fsp3) is 0.333. The van der Waals surface area contributed by atoms with E-state index in [2.05, 4.69) is 10.6 Å². The number of amides is 3. The molecule has 0 aliphatic carbocycles. The highest BCUT2D eigenvalue weighted by Crippen LogP contribution is 2.33. The van der Waals surface area contributed by atoms with E-state index in [0.29, 0.717) is 41.2 Å². The summed E-state index contributed by atoms with van der Waals surface area (Å²) in [6.45, 7) is 0. The van der Waals surface area contributed by atoms with Crippen LogP contribution in [0.4, 0.5) is 10.5 Å². The maximum atomic E-state index is 13.2. The van der Waals surface area contributed by atoms with Crippen LogP contribution < -0.4 is 15.5 Å². The number of nitrogens with one attached hydrogen (secondary N) is 2. The molecule has 3 amide bonds. The normalized spacial score (nSPS) is 17.8. The van der Waals surface area contributed by atoms with Crippen molar-refractivity contribution in [2.45, 2.75) is 42.5 Å². The van der Waals surface area contributed by atoms with Crippen LogP contribution in [-0.4, -0.2) is 40.2 Å². The summed E-state index contributed by atoms with van der Waals surface area (Å²) in [7, 11) is 0.413. The van der Waals surface area contributed by atoms with Gasteiger partial charge in [-0.1, -0.05) is 67.3 Å². The van der Waals surface area contributed by atoms with Crippen LogP contribution in [0.1, 0.15) is 37.7 Å². The quantitative estimate of drug-likeness (QED) is 0.285. The van der Waals surface area contributed by atoms with E-state index in [1.165, 1.54) is 0 Å². The minimum Gasteiger partial charge on any atom is -0.377 e. The van der Waals surface area contributed by atoms with Gasteiger partial charge in [-0.25, -0.2) is 13.2 Å². The number of hydrogen-bond donors (Lipinski definition) is 2. The number of rotatable bonds is 10. The lowest BCUT2D eigenvalue weighted by Crippen LogP contribution is -2.43. The standard InChI is InChI=1S/C27H30ClN3O4S/c1-31(2)23-14-8-13-22-21(23)12-9-15-24(22)36(34,35)17-6-4-3-5-16-27(25(32)29-26(33)30-27)19-10-7-11-20(28)18-19/h7-15,18H,3-6,16-17H2,1-2H3,(H2,29,30,32,33). The number of nitrogens with zero attached hydrogens (tertiary/aromatic N) is 1. The molecule has 1 fully saturated rings. The van der Waals surface area contributed by atoms with E-state index in [9.17, 15) is 18.0 Å². The molecule has 0 radical (unpaired) electrons. The van der Waals surface area contributed by atoms with Gasteiger partial charge in [-0.3, -0.25) is 10.1 Å². The molecule has 1 atom stereocenters. The highest BCUT2D eigenvalue weighted by Gasteiger charge is 2.47. The van der Waals surface area contributed by atoms with Gasteiger partial charge in [0.1, 0.15) is 5.54 Å². The SMILES string of the molecule is CN(C)c1cccc2c(S(=O)(=O)CCCCCCC3(c4cccc(Cl)c4)NC(=O)NC3=O)cccc12. The van der Waals surface area contributed by atoms with Gasteiger partial charge in [-0.15, -0.1) is 0 Å². The first kappa shape index (κ1) is 26.0. The zero-order valence-corrected chi connectivity index (χ0v) is 22.0. The van der Waals surface area contributed by atoms with Crippen LogP contribution in [0.3, 0.4) is 0 Å². The van der Waals surface area contributed by atoms with Gasteiger partial charge in [0.05, 0.1) is 10.6 Å². The molecule has 36 heavy (non-hydrogen) atoms. The van der Waals surface area contributed by atoms with Gasteiger partial charge < -0.3 is 10.2 Å². The number of anilines is 1. The minimum absolute atomic E-state index is 0.0506. The Balaban J connectivity index is 1.38. The molecule has 9 heteroatoms. The molecule has 1 aliphatic heterocycles. The predicted octanol–water partition coefficient (Wildman–Crippen LogP) is 5.02. The third-order valence-corrected chi connectivity index (χ3v) is 8.74. The highest BCUT2D eigenvalue weighted by atomic mass is 35.5. The highest BCUT2D eigenvalue weighted by molar-refractivity contribution is 7.91. The second-order valence-electron chi connectivity index (χ2n) is 9.33. The molecule has 190 valence electrons. The Kier molecular flexibility index (Phi) is 7.57. The molecular formula is C27H30ClN3O4S. The first-order valence-corrected chi connectivity index (χ1v) is 14.0. The maximum Gasteiger partial charge on any atom is 0.322 e. The van der Waals surface area contributed by atoms with E-state index in [4.69, 9.17) is 11.6 Å². The number of carbonyl (C=O) groups excluding carboxylic acids is 2. The van der Waals surface area contributed by atoms with Crippen LogP contribution in [0.5, 0.6) is 0 Å². The average molecular weight is 528 g/mol. The van der Waals surface area contributed by atoms with E-state index in [1.54, 1.807) is 36.4 Å². The van der Waals surface area contributed by atoms with E-state index < -0.39 is 27.3 Å². The van der Waals surface area contributed by atoms with Gasteiger partial charge in [0, 0.05) is 35.6 Å². The van der Waals surface area contributed by atoms with Crippen molar-refractivity contribution in [3.05, 3.63) is 71.2 Å². The lowest BCUT2D eigenvalue weighted by Gasteiger charge is -2.26. The molecule has 4 rings (SSSR count). The summed E-state index contributed by atoms with van der Waals surface area (Å²) in [4.78, 5) is 26.9. The molecule has 1 heterocycles. The van der Waals surface area contributed by atoms with Crippen molar-refractivity contribution in [1.82, 2.24) is 10.6 Å². The van der Waals surface area contributed by atoms with Gasteiger partial charge in [0.25, 0.3) is 5.91 Å². The zero-order chi connectivity index (χ0) is 25.9. The van der Waals surface area contributed by atoms with Crippen molar-refractivity contribution in [3.63, 3.8) is 0 Å². The van der Waals surface area contributed by atoms with E-state index in [1.807, 2.05) is 43.3 Å². The zero-order valence-electron chi connectivity index (χ0n) is 20.4. The first-order chi connectivity index (χ1) is 17.1. The fourth-order valence-electron chi connectivity index (χ4n) is 4.84. The summed E-state index contributed by atoms with van der Waals surface area (Å²) in [5.74, 6) is -0.347. The summed E-state index contributed by atoms with van der Waals surface area (Å²) in [6.07, 6.45) is 2.96. The number of hydrogen-bond acceptors (Lipinski definition) is 5. The van der Waals surface area contributed by atoms with Gasteiger partial charge in [-0.05, 0) is 42.7 Å². The van der Waals surface area contributed by atoms with Crippen LogP contribution in [0.2, 0.25) is 5.02 Å². The molecule has 1 saturated heterocycles. The molecule has 0 aromatic heterocycles. The second kappa shape index (κ2) is 10.5. The number of fused-ring (bicyclic) bond motifs is 1. The van der Waals surface area contributed by atoms with Crippen LogP contribution in [0, 0.1) is 0 Å². The van der Waals surface area contributed by atoms with Gasteiger partial charge in [-0.2, -0.15) is 0 Å². The van der Waals surface area contributed by atoms with Crippen molar-refractivity contribution < 1.29 is 18.0 Å². The van der Waals surface area contributed by atoms with Crippen LogP contribution >= 0.6 is 11.6 Å². The van der Waals surface area contributed by atoms with Gasteiger partial charge in [0.2, 0.25) is 0 Å². The van der Waals surface area contributed by atoms with E-state index in [-0.39, 0.29) is 5.75 Å². The molecule has 2 N–H and O–H groups in total. The summed E-state index contributed by atoms with van der Waals surface area (Å²) in [5.41, 5.74) is 0.441. The number of imide groups is 1. The topological polar surface area (TPSA) is 95.6 Å². The maximum absolute atomic E-state index is 13.2. The summed E-state index contributed by atoms with van der Waals surface area (Å²) in [6, 6.07) is 17.5. The van der Waals surface area contributed by atoms with Crippen LogP contribution in [0.15, 0.2) is 65.6 Å². The third kappa shape index (κ3) is 5.20. The Labute approximate surface area is 216 Å². The number of sulfone groups is 1. The lowest BCUT2D eigenvalue weighted by molar-refractivity contribution is -0.124. The molecule has 3 aromatic rings. The van der Waals surface area contributed by atoms with Crippen molar-refractivity contribution in [2.75, 3.05) is 24.7 Å². The van der Waals surface area contributed by atoms with Crippen molar-refractivity contribution in [2.24, 2.45) is 0 Å². The average Bonchev–Trinajstić information content (AvgIpc) is 3.14. The van der Waals surface area contributed by atoms with Crippen molar-refractivity contribution >= 4 is 49.8 Å². The lowest BCUT2D eigenvalue weighted by atomic mass is 9.84. The number of urea groups is 1. The number of carbonyl (C=O) groups is 2. The number of unbranched alkanes of at least 4 members (excludes halogenated alkanes) is 3. The van der Waals surface area contributed by atoms with Crippen LogP contribution in [-0.2, 0) is 20.2 Å². The smallest absolute Gasteiger partial charge is 0.322 e. The molecule has 1 aliphatic rings. The fourth-order valence-corrected chi connectivity index (χ4v) is 6.63. The Hall–Kier alpha value is -3.10. The predicted molar refractivity (Wildman–Crippen MR) is 143 cm³/mol. The third-order valence-electron chi connectivity index (χ3n) is 6.65. The van der Waals surface area contributed by atoms with Crippen LogP contribution in [0.25, 0.3) is 10.8 Å². The van der Waals surface area contributed by atoms with Crippen molar-refractivity contribution in [3.8, 4) is 0 Å². The molecule has 7 nitrogen and oxygen atoms in total. The summed E-state index contributed by atoms with van der Waals surface area (Å²) < 4.78 is 26.4. The van der Waals surface area contributed by atoms with Gasteiger partial charge in [0.15, 0.2) is 9.84 Å². The molecule has 1 unspecified atom stereocenters. The summed E-state index contributed by atoms with van der Waals surface area (Å²) in [5, 5.41) is 7.22. The Morgan fingerprint density at radius 1 is 0.889 bits per heavy atom. The Morgan fingerprint density at radius 2 is 1.58 bits per heavy atom. The molecule has 0 saturated carbocycles. The molecule has 3 aromatic carbocycles. The Bertz CT molecular complexity index is 1410. The van der Waals surface area contributed by atoms with Crippen molar-refractivity contribution in [1.29, 1.82) is 0 Å². The monoisotopic (exact) mass is 527 g/mol. The molecular weight excluding hydrogens is 498 g/mol. The molecule has 0 bridgehead atoms. The Morgan fingerprint density at radius 3 is 2.28 bits per heavy atom. The van der Waals surface area contributed by atoms with E-state index in [0.717, 1.165) is 22.9 Å². The number of halogens is 1.